The van der Waals surface area contributed by atoms with Crippen LogP contribution in [0.4, 0.5) is 0 Å². The second-order valence-electron chi connectivity index (χ2n) is 15.1. The maximum Gasteiger partial charge on any atom is 0.270 e. The molecule has 0 radical (unpaired) electrons. The number of fused-ring (bicyclic) bond motifs is 4. The molecule has 1 unspecified atom stereocenters. The Bertz CT molecular complexity index is 2420. The molecule has 2 amide bonds. The predicted molar refractivity (Wildman–Crippen MR) is 218 cm³/mol. The van der Waals surface area contributed by atoms with E-state index in [0.717, 1.165) is 47.1 Å². The highest BCUT2D eigenvalue weighted by atomic mass is 32.2. The van der Waals surface area contributed by atoms with Crippen LogP contribution in [0.15, 0.2) is 85.2 Å². The maximum atomic E-state index is 14.0. The van der Waals surface area contributed by atoms with E-state index in [2.05, 4.69) is 31.2 Å². The highest BCUT2D eigenvalue weighted by Gasteiger charge is 2.45. The van der Waals surface area contributed by atoms with Crippen molar-refractivity contribution in [3.63, 3.8) is 0 Å². The van der Waals surface area contributed by atoms with E-state index in [1.165, 1.54) is 17.6 Å². The molecular weight excluding hydrogens is 761 g/mol. The lowest BCUT2D eigenvalue weighted by Crippen LogP contribution is -2.43. The SMILES string of the molecule is COc1ccc(C2=CN3C(=O)c4cc(OC)c(OCCCOc5cc6c(cc5OC)C(=O)N5C=C(c7ccc(C)cc7)C[C@H]5CC6)cc4CC(S(=O)(=O)O)[C@@H]3C2)cc1. The third kappa shape index (κ3) is 7.51. The molecule has 8 rings (SSSR count). The zero-order valence-corrected chi connectivity index (χ0v) is 33.7. The van der Waals surface area contributed by atoms with Crippen LogP contribution in [0.1, 0.15) is 74.2 Å². The van der Waals surface area contributed by atoms with Gasteiger partial charge in [-0.15, -0.1) is 0 Å². The summed E-state index contributed by atoms with van der Waals surface area (Å²) in [5.41, 5.74) is 7.31. The molecule has 0 fully saturated rings. The largest absolute Gasteiger partial charge is 0.497 e. The van der Waals surface area contributed by atoms with Gasteiger partial charge in [0.1, 0.15) is 11.0 Å². The number of benzene rings is 4. The lowest BCUT2D eigenvalue weighted by atomic mass is 9.97. The van der Waals surface area contributed by atoms with E-state index >= 15 is 0 Å². The second kappa shape index (κ2) is 15.9. The number of ether oxygens (including phenoxy) is 5. The van der Waals surface area contributed by atoms with Gasteiger partial charge in [-0.25, -0.2) is 0 Å². The van der Waals surface area contributed by atoms with Crippen molar-refractivity contribution in [3.05, 3.63) is 124 Å². The van der Waals surface area contributed by atoms with Gasteiger partial charge in [-0.3, -0.25) is 14.1 Å². The fourth-order valence-corrected chi connectivity index (χ4v) is 9.48. The summed E-state index contributed by atoms with van der Waals surface area (Å²) in [6.45, 7) is 2.55. The highest BCUT2D eigenvalue weighted by molar-refractivity contribution is 7.86. The second-order valence-corrected chi connectivity index (χ2v) is 16.8. The normalized spacial score (nSPS) is 19.8. The molecule has 0 spiro atoms. The summed E-state index contributed by atoms with van der Waals surface area (Å²) in [7, 11) is 0.0239. The third-order valence-corrected chi connectivity index (χ3v) is 12.8. The molecule has 4 aromatic carbocycles. The minimum absolute atomic E-state index is 0.0488. The summed E-state index contributed by atoms with van der Waals surface area (Å²) in [5, 5.41) is -1.27. The molecule has 0 saturated carbocycles. The van der Waals surface area contributed by atoms with Gasteiger partial charge >= 0.3 is 0 Å². The molecule has 0 aliphatic carbocycles. The summed E-state index contributed by atoms with van der Waals surface area (Å²) < 4.78 is 65.0. The lowest BCUT2D eigenvalue weighted by molar-refractivity contribution is 0.0780. The van der Waals surface area contributed by atoms with Crippen LogP contribution in [0, 0.1) is 6.92 Å². The smallest absolute Gasteiger partial charge is 0.270 e. The van der Waals surface area contributed by atoms with Crippen molar-refractivity contribution in [2.24, 2.45) is 0 Å². The first kappa shape index (κ1) is 39.1. The predicted octanol–water partition coefficient (Wildman–Crippen LogP) is 7.14. The number of carbonyl (C=O) groups excluding carboxylic acids is 2. The average molecular weight is 807 g/mol. The molecule has 0 bridgehead atoms. The molecule has 4 aliphatic heterocycles. The Labute approximate surface area is 338 Å². The first-order chi connectivity index (χ1) is 27.9. The standard InChI is InChI=1S/C45H46N2O10S/c1-27-6-8-28(9-7-27)32-18-34-13-10-30-20-41(39(54-3)23-36(30)44(48)46(34)25-32)56-16-5-17-57-42-21-31-22-43(58(50,51)52)38-19-33(29-11-14-35(53-2)15-12-29)26-47(38)45(49)37(31)24-40(42)55-4/h6-9,11-12,14-15,20-21,23-26,34,38,43H,5,10,13,16-19,22H2,1-4H3,(H,50,51,52)/t34-,38+,43?/m1/s1. The zero-order chi connectivity index (χ0) is 40.7. The average Bonchev–Trinajstić information content (AvgIpc) is 3.81. The third-order valence-electron chi connectivity index (χ3n) is 11.6. The Kier molecular flexibility index (Phi) is 10.7. The van der Waals surface area contributed by atoms with Gasteiger partial charge in [0.25, 0.3) is 21.9 Å². The molecule has 12 nitrogen and oxygen atoms in total. The van der Waals surface area contributed by atoms with Gasteiger partial charge in [-0.1, -0.05) is 42.0 Å². The van der Waals surface area contributed by atoms with Gasteiger partial charge in [-0.2, -0.15) is 8.42 Å². The first-order valence-electron chi connectivity index (χ1n) is 19.4. The van der Waals surface area contributed by atoms with E-state index in [4.69, 9.17) is 23.7 Å². The van der Waals surface area contributed by atoms with Crippen LogP contribution >= 0.6 is 0 Å². The summed E-state index contributed by atoms with van der Waals surface area (Å²) in [4.78, 5) is 31.1. The maximum absolute atomic E-state index is 14.0. The summed E-state index contributed by atoms with van der Waals surface area (Å²) in [6, 6.07) is 21.8. The topological polar surface area (TPSA) is 141 Å². The van der Waals surface area contributed by atoms with Gasteiger partial charge in [0.15, 0.2) is 23.0 Å². The number of rotatable bonds is 12. The van der Waals surface area contributed by atoms with Crippen LogP contribution in [-0.4, -0.2) is 86.5 Å². The molecule has 0 saturated heterocycles. The molecule has 4 aromatic rings. The summed E-state index contributed by atoms with van der Waals surface area (Å²) >= 11 is 0. The molecule has 302 valence electrons. The van der Waals surface area contributed by atoms with Gasteiger partial charge in [0.05, 0.1) is 40.6 Å². The van der Waals surface area contributed by atoms with Crippen LogP contribution in [0.2, 0.25) is 0 Å². The van der Waals surface area contributed by atoms with Gasteiger partial charge < -0.3 is 33.5 Å². The van der Waals surface area contributed by atoms with Crippen LogP contribution < -0.4 is 23.7 Å². The molecule has 4 heterocycles. The fraction of sp³-hybridized carbons (Fsp3) is 0.333. The Hall–Kier alpha value is -5.79. The first-order valence-corrected chi connectivity index (χ1v) is 20.9. The van der Waals surface area contributed by atoms with E-state index < -0.39 is 27.3 Å². The minimum Gasteiger partial charge on any atom is -0.497 e. The lowest BCUT2D eigenvalue weighted by Gasteiger charge is -2.26. The Morgan fingerprint density at radius 3 is 1.83 bits per heavy atom. The Morgan fingerprint density at radius 1 is 0.672 bits per heavy atom. The highest BCUT2D eigenvalue weighted by Crippen LogP contribution is 2.42. The van der Waals surface area contributed by atoms with Crippen molar-refractivity contribution in [2.75, 3.05) is 34.5 Å². The summed E-state index contributed by atoms with van der Waals surface area (Å²) in [6.07, 6.45) is 6.61. The minimum atomic E-state index is -4.57. The monoisotopic (exact) mass is 806 g/mol. The van der Waals surface area contributed by atoms with E-state index in [-0.39, 0.29) is 43.6 Å². The van der Waals surface area contributed by atoms with Crippen LogP contribution in [0.25, 0.3) is 11.1 Å². The number of amides is 2. The quantitative estimate of drug-likeness (QED) is 0.116. The van der Waals surface area contributed by atoms with Crippen molar-refractivity contribution >= 4 is 33.1 Å². The molecule has 1 N–H and O–H groups in total. The number of hydrogen-bond acceptors (Lipinski definition) is 9. The van der Waals surface area contributed by atoms with E-state index in [1.54, 1.807) is 50.8 Å². The van der Waals surface area contributed by atoms with Crippen molar-refractivity contribution in [3.8, 4) is 28.7 Å². The number of aryl methyl sites for hydroxylation is 2. The fourth-order valence-electron chi connectivity index (χ4n) is 8.46. The van der Waals surface area contributed by atoms with Gasteiger partial charge in [0, 0.05) is 36.0 Å². The zero-order valence-electron chi connectivity index (χ0n) is 32.9. The van der Waals surface area contributed by atoms with Crippen molar-refractivity contribution < 1.29 is 46.2 Å². The van der Waals surface area contributed by atoms with Crippen molar-refractivity contribution in [2.45, 2.75) is 62.8 Å². The molecule has 13 heteroatoms. The Morgan fingerprint density at radius 2 is 1.22 bits per heavy atom. The van der Waals surface area contributed by atoms with E-state index in [1.807, 2.05) is 29.3 Å². The van der Waals surface area contributed by atoms with E-state index in [9.17, 15) is 22.6 Å². The molecule has 4 aliphatic rings. The number of methoxy groups -OCH3 is 3. The molecule has 3 atom stereocenters. The Balaban J connectivity index is 0.945. The van der Waals surface area contributed by atoms with Crippen LogP contribution in [0.3, 0.4) is 0 Å². The van der Waals surface area contributed by atoms with Gasteiger partial charge in [0.2, 0.25) is 0 Å². The molecule has 0 aromatic heterocycles. The number of hydrogen-bond donors (Lipinski definition) is 1. The molecular formula is C45H46N2O10S. The molecule has 58 heavy (non-hydrogen) atoms. The summed E-state index contributed by atoms with van der Waals surface area (Å²) in [5.74, 6) is 1.87. The number of carbonyl (C=O) groups is 2. The van der Waals surface area contributed by atoms with Crippen molar-refractivity contribution in [1.82, 2.24) is 9.80 Å². The van der Waals surface area contributed by atoms with Crippen LogP contribution in [-0.2, 0) is 23.0 Å². The number of nitrogens with zero attached hydrogens (tertiary/aromatic N) is 2. The van der Waals surface area contributed by atoms with Crippen molar-refractivity contribution in [1.29, 1.82) is 0 Å². The van der Waals surface area contributed by atoms with Crippen LogP contribution in [0.5, 0.6) is 28.7 Å². The van der Waals surface area contributed by atoms with Gasteiger partial charge in [-0.05, 0) is 109 Å². The van der Waals surface area contributed by atoms with E-state index in [0.29, 0.717) is 46.3 Å².